The van der Waals surface area contributed by atoms with Crippen LogP contribution in [-0.2, 0) is 17.7 Å². The molecule has 1 aromatic heterocycles. The van der Waals surface area contributed by atoms with E-state index in [4.69, 9.17) is 0 Å². The first kappa shape index (κ1) is 9.24. The summed E-state index contributed by atoms with van der Waals surface area (Å²) in [5, 5.41) is 0. The molecule has 0 saturated heterocycles. The molecule has 0 amide bonds. The molecule has 0 aromatic carbocycles. The van der Waals surface area contributed by atoms with E-state index in [1.807, 2.05) is 4.57 Å². The zero-order valence-corrected chi connectivity index (χ0v) is 8.49. The van der Waals surface area contributed by atoms with Gasteiger partial charge in [0.25, 0.3) is 0 Å². The number of carbonyl (C=O) groups is 1. The van der Waals surface area contributed by atoms with Crippen LogP contribution in [0.15, 0.2) is 6.33 Å². The average molecular weight is 194 g/mol. The number of aromatic nitrogens is 2. The maximum atomic E-state index is 11.4. The van der Waals surface area contributed by atoms with Gasteiger partial charge in [-0.15, -0.1) is 0 Å². The Morgan fingerprint density at radius 2 is 2.50 bits per heavy atom. The lowest BCUT2D eigenvalue weighted by Crippen LogP contribution is -2.18. The van der Waals surface area contributed by atoms with Crippen molar-refractivity contribution >= 4 is 5.97 Å². The number of methoxy groups -OCH3 is 1. The van der Waals surface area contributed by atoms with Gasteiger partial charge in [0.15, 0.2) is 5.69 Å². The molecule has 0 N–H and O–H groups in total. The van der Waals surface area contributed by atoms with Crippen LogP contribution in [0.25, 0.3) is 0 Å². The second-order valence-electron chi connectivity index (χ2n) is 3.82. The van der Waals surface area contributed by atoms with Gasteiger partial charge in [-0.1, -0.05) is 6.92 Å². The van der Waals surface area contributed by atoms with Crippen LogP contribution in [-0.4, -0.2) is 22.6 Å². The van der Waals surface area contributed by atoms with Crippen molar-refractivity contribution in [2.24, 2.45) is 5.92 Å². The quantitative estimate of drug-likeness (QED) is 0.632. The molecule has 4 heteroatoms. The summed E-state index contributed by atoms with van der Waals surface area (Å²) in [7, 11) is 1.39. The van der Waals surface area contributed by atoms with Crippen molar-refractivity contribution in [2.75, 3.05) is 7.11 Å². The van der Waals surface area contributed by atoms with Crippen LogP contribution in [0.1, 0.15) is 29.5 Å². The molecule has 1 aromatic rings. The number of carbonyl (C=O) groups excluding carboxylic acids is 1. The fourth-order valence-electron chi connectivity index (χ4n) is 1.87. The summed E-state index contributed by atoms with van der Waals surface area (Å²) >= 11 is 0. The van der Waals surface area contributed by atoms with Crippen molar-refractivity contribution in [1.29, 1.82) is 0 Å². The first-order valence-electron chi connectivity index (χ1n) is 4.84. The molecule has 2 heterocycles. The van der Waals surface area contributed by atoms with Crippen molar-refractivity contribution in [2.45, 2.75) is 26.3 Å². The number of nitrogens with zero attached hydrogens (tertiary/aromatic N) is 2. The third-order valence-corrected chi connectivity index (χ3v) is 2.73. The van der Waals surface area contributed by atoms with Gasteiger partial charge in [-0.3, -0.25) is 0 Å². The first-order chi connectivity index (χ1) is 6.72. The molecule has 4 nitrogen and oxygen atoms in total. The van der Waals surface area contributed by atoms with Crippen LogP contribution in [0.4, 0.5) is 0 Å². The van der Waals surface area contributed by atoms with Crippen molar-refractivity contribution < 1.29 is 9.53 Å². The Labute approximate surface area is 82.9 Å². The molecule has 2 rings (SSSR count). The molecule has 1 aliphatic heterocycles. The summed E-state index contributed by atoms with van der Waals surface area (Å²) in [5.41, 5.74) is 1.51. The Morgan fingerprint density at radius 3 is 3.21 bits per heavy atom. The predicted octanol–water partition coefficient (Wildman–Crippen LogP) is 1.25. The van der Waals surface area contributed by atoms with Crippen molar-refractivity contribution in [1.82, 2.24) is 9.55 Å². The van der Waals surface area contributed by atoms with E-state index in [1.54, 1.807) is 6.33 Å². The van der Waals surface area contributed by atoms with E-state index in [1.165, 1.54) is 7.11 Å². The molecule has 76 valence electrons. The smallest absolute Gasteiger partial charge is 0.358 e. The summed E-state index contributed by atoms with van der Waals surface area (Å²) in [4.78, 5) is 15.4. The van der Waals surface area contributed by atoms with Gasteiger partial charge in [-0.2, -0.15) is 0 Å². The van der Waals surface area contributed by atoms with E-state index in [2.05, 4.69) is 16.6 Å². The van der Waals surface area contributed by atoms with E-state index in [-0.39, 0.29) is 5.97 Å². The van der Waals surface area contributed by atoms with Crippen molar-refractivity contribution in [3.8, 4) is 0 Å². The summed E-state index contributed by atoms with van der Waals surface area (Å²) in [6.07, 6.45) is 3.81. The van der Waals surface area contributed by atoms with Crippen molar-refractivity contribution in [3.05, 3.63) is 17.7 Å². The van der Waals surface area contributed by atoms with Crippen molar-refractivity contribution in [3.63, 3.8) is 0 Å². The molecular weight excluding hydrogens is 180 g/mol. The molecule has 0 bridgehead atoms. The maximum absolute atomic E-state index is 11.4. The number of hydrogen-bond acceptors (Lipinski definition) is 3. The monoisotopic (exact) mass is 194 g/mol. The minimum atomic E-state index is -0.326. The van der Waals surface area contributed by atoms with Crippen LogP contribution >= 0.6 is 0 Å². The number of ether oxygens (including phenoxy) is 1. The summed E-state index contributed by atoms with van der Waals surface area (Å²) in [6, 6.07) is 0. The summed E-state index contributed by atoms with van der Waals surface area (Å²) in [5.74, 6) is 0.301. The molecule has 0 spiro atoms. The van der Waals surface area contributed by atoms with E-state index in [9.17, 15) is 4.79 Å². The number of imidazole rings is 1. The molecule has 0 fully saturated rings. The number of aryl methyl sites for hydroxylation is 1. The van der Waals surface area contributed by atoms with E-state index >= 15 is 0 Å². The molecule has 14 heavy (non-hydrogen) atoms. The number of hydrogen-bond donors (Lipinski definition) is 0. The standard InChI is InChI=1S/C10H14N2O2/c1-7-3-4-12-6-11-9(8(12)5-7)10(13)14-2/h6-7H,3-5H2,1-2H3. The Hall–Kier alpha value is -1.32. The Balaban J connectivity index is 2.35. The highest BCUT2D eigenvalue weighted by Crippen LogP contribution is 2.22. The Bertz CT molecular complexity index is 357. The number of rotatable bonds is 1. The summed E-state index contributed by atoms with van der Waals surface area (Å²) < 4.78 is 6.73. The predicted molar refractivity (Wildman–Crippen MR) is 51.1 cm³/mol. The van der Waals surface area contributed by atoms with Gasteiger partial charge in [-0.05, 0) is 18.8 Å². The molecular formula is C10H14N2O2. The molecule has 1 aliphatic rings. The van der Waals surface area contributed by atoms with Gasteiger partial charge in [0.1, 0.15) is 0 Å². The minimum Gasteiger partial charge on any atom is -0.464 e. The van der Waals surface area contributed by atoms with Crippen LogP contribution in [0.5, 0.6) is 0 Å². The molecule has 0 aliphatic carbocycles. The van der Waals surface area contributed by atoms with Gasteiger partial charge in [0.05, 0.1) is 19.1 Å². The maximum Gasteiger partial charge on any atom is 0.358 e. The van der Waals surface area contributed by atoms with Crippen LogP contribution in [0, 0.1) is 5.92 Å². The third-order valence-electron chi connectivity index (χ3n) is 2.73. The van der Waals surface area contributed by atoms with E-state index in [0.717, 1.165) is 25.1 Å². The highest BCUT2D eigenvalue weighted by atomic mass is 16.5. The second kappa shape index (κ2) is 3.44. The third kappa shape index (κ3) is 1.41. The fraction of sp³-hybridized carbons (Fsp3) is 0.600. The molecule has 0 saturated carbocycles. The lowest BCUT2D eigenvalue weighted by Gasteiger charge is -2.20. The first-order valence-corrected chi connectivity index (χ1v) is 4.84. The Morgan fingerprint density at radius 1 is 1.71 bits per heavy atom. The molecule has 1 unspecified atom stereocenters. The van der Waals surface area contributed by atoms with Gasteiger partial charge in [-0.25, -0.2) is 9.78 Å². The van der Waals surface area contributed by atoms with Gasteiger partial charge in [0.2, 0.25) is 0 Å². The lowest BCUT2D eigenvalue weighted by molar-refractivity contribution is 0.0592. The normalized spacial score (nSPS) is 20.3. The van der Waals surface area contributed by atoms with Crippen LogP contribution in [0.2, 0.25) is 0 Å². The van der Waals surface area contributed by atoms with Gasteiger partial charge >= 0.3 is 5.97 Å². The zero-order chi connectivity index (χ0) is 10.1. The second-order valence-corrected chi connectivity index (χ2v) is 3.82. The minimum absolute atomic E-state index is 0.326. The Kier molecular flexibility index (Phi) is 2.27. The molecule has 0 radical (unpaired) electrons. The lowest BCUT2D eigenvalue weighted by atomic mass is 9.97. The van der Waals surface area contributed by atoms with Crippen LogP contribution < -0.4 is 0 Å². The van der Waals surface area contributed by atoms with E-state index in [0.29, 0.717) is 11.6 Å². The highest BCUT2D eigenvalue weighted by molar-refractivity contribution is 5.88. The highest BCUT2D eigenvalue weighted by Gasteiger charge is 2.23. The number of fused-ring (bicyclic) bond motifs is 1. The van der Waals surface area contributed by atoms with Gasteiger partial charge in [0, 0.05) is 6.54 Å². The van der Waals surface area contributed by atoms with Gasteiger partial charge < -0.3 is 9.30 Å². The average Bonchev–Trinajstić information content (AvgIpc) is 2.59. The SMILES string of the molecule is COC(=O)c1ncn2c1CC(C)CC2. The topological polar surface area (TPSA) is 44.1 Å². The largest absolute Gasteiger partial charge is 0.464 e. The van der Waals surface area contributed by atoms with E-state index < -0.39 is 0 Å². The zero-order valence-electron chi connectivity index (χ0n) is 8.49. The molecule has 1 atom stereocenters. The fourth-order valence-corrected chi connectivity index (χ4v) is 1.87. The van der Waals surface area contributed by atoms with Crippen LogP contribution in [0.3, 0.4) is 0 Å². The number of esters is 1. The summed E-state index contributed by atoms with van der Waals surface area (Å²) in [6.45, 7) is 3.15.